The number of hydrogen-bond acceptors (Lipinski definition) is 2. The van der Waals surface area contributed by atoms with Crippen LogP contribution >= 0.6 is 0 Å². The molecule has 0 aromatic heterocycles. The fourth-order valence-electron chi connectivity index (χ4n) is 0.878. The number of rotatable bonds is 3. The van der Waals surface area contributed by atoms with Crippen LogP contribution in [0.1, 0.15) is 5.56 Å². The van der Waals surface area contributed by atoms with Crippen LogP contribution in [0, 0.1) is 7.11 Å². The molecule has 0 aliphatic carbocycles. The Balaban J connectivity index is 2.71. The second-order valence-corrected chi connectivity index (χ2v) is 2.36. The van der Waals surface area contributed by atoms with E-state index in [9.17, 15) is 4.79 Å². The number of aliphatic carboxylic acids is 1. The minimum absolute atomic E-state index is 0.0391. The highest BCUT2D eigenvalue weighted by Crippen LogP contribution is 2.11. The Hall–Kier alpha value is -1.51. The summed E-state index contributed by atoms with van der Waals surface area (Å²) in [5, 5.41) is 8.45. The zero-order valence-electron chi connectivity index (χ0n) is 6.49. The van der Waals surface area contributed by atoms with Crippen LogP contribution in [0.25, 0.3) is 0 Å². The second kappa shape index (κ2) is 3.76. The van der Waals surface area contributed by atoms with Crippen molar-refractivity contribution < 1.29 is 14.6 Å². The highest BCUT2D eigenvalue weighted by molar-refractivity contribution is 5.70. The van der Waals surface area contributed by atoms with Gasteiger partial charge >= 0.3 is 5.97 Å². The third-order valence-corrected chi connectivity index (χ3v) is 1.45. The molecule has 3 nitrogen and oxygen atoms in total. The van der Waals surface area contributed by atoms with Crippen molar-refractivity contribution in [2.24, 2.45) is 0 Å². The lowest BCUT2D eigenvalue weighted by Crippen LogP contribution is -1.99. The zero-order chi connectivity index (χ0) is 8.97. The molecule has 1 rings (SSSR count). The van der Waals surface area contributed by atoms with Gasteiger partial charge in [0, 0.05) is 0 Å². The summed E-state index contributed by atoms with van der Waals surface area (Å²) in [5.74, 6) is -0.206. The van der Waals surface area contributed by atoms with Gasteiger partial charge in [0.1, 0.15) is 12.9 Å². The Labute approximate surface area is 70.6 Å². The van der Waals surface area contributed by atoms with Crippen molar-refractivity contribution in [1.82, 2.24) is 0 Å². The Kier molecular flexibility index (Phi) is 2.69. The molecule has 0 bridgehead atoms. The molecule has 0 spiro atoms. The molecule has 0 saturated carbocycles. The third-order valence-electron chi connectivity index (χ3n) is 1.45. The van der Waals surface area contributed by atoms with Crippen molar-refractivity contribution in [3.05, 3.63) is 36.9 Å². The van der Waals surface area contributed by atoms with Crippen LogP contribution in [0.2, 0.25) is 0 Å². The van der Waals surface area contributed by atoms with Crippen molar-refractivity contribution in [2.75, 3.05) is 0 Å². The smallest absolute Gasteiger partial charge is 0.307 e. The predicted molar refractivity (Wildman–Crippen MR) is 43.8 cm³/mol. The highest BCUT2D eigenvalue weighted by Gasteiger charge is 1.99. The van der Waals surface area contributed by atoms with Crippen molar-refractivity contribution >= 4 is 5.97 Å². The van der Waals surface area contributed by atoms with Crippen molar-refractivity contribution in [3.63, 3.8) is 0 Å². The van der Waals surface area contributed by atoms with Gasteiger partial charge in [-0.15, -0.1) is 0 Å². The summed E-state index contributed by atoms with van der Waals surface area (Å²) in [6.07, 6.45) is 0.0391. The van der Waals surface area contributed by atoms with E-state index in [1.165, 1.54) is 0 Å². The molecule has 0 saturated heterocycles. The molecule has 12 heavy (non-hydrogen) atoms. The molecule has 0 fully saturated rings. The maximum Gasteiger partial charge on any atom is 0.307 e. The summed E-state index contributed by atoms with van der Waals surface area (Å²) in [4.78, 5) is 10.3. The lowest BCUT2D eigenvalue weighted by molar-refractivity contribution is -0.136. The number of ether oxygens (including phenoxy) is 1. The highest BCUT2D eigenvalue weighted by atomic mass is 16.5. The van der Waals surface area contributed by atoms with Gasteiger partial charge in [-0.2, -0.15) is 0 Å². The van der Waals surface area contributed by atoms with Gasteiger partial charge < -0.3 is 9.84 Å². The normalized spacial score (nSPS) is 9.42. The van der Waals surface area contributed by atoms with Crippen LogP contribution in [0.3, 0.4) is 0 Å². The maximum absolute atomic E-state index is 10.3. The molecule has 1 N–H and O–H groups in total. The van der Waals surface area contributed by atoms with Gasteiger partial charge in [0.25, 0.3) is 0 Å². The van der Waals surface area contributed by atoms with E-state index in [2.05, 4.69) is 11.8 Å². The maximum atomic E-state index is 10.3. The summed E-state index contributed by atoms with van der Waals surface area (Å²) in [7, 11) is 3.23. The molecule has 0 heterocycles. The topological polar surface area (TPSA) is 46.5 Å². The van der Waals surface area contributed by atoms with E-state index in [1.807, 2.05) is 0 Å². The van der Waals surface area contributed by atoms with Crippen LogP contribution in [0.15, 0.2) is 24.3 Å². The van der Waals surface area contributed by atoms with Crippen LogP contribution in [-0.4, -0.2) is 11.1 Å². The first-order valence-electron chi connectivity index (χ1n) is 3.45. The molecule has 1 radical (unpaired) electrons. The summed E-state index contributed by atoms with van der Waals surface area (Å²) < 4.78 is 4.68. The van der Waals surface area contributed by atoms with E-state index in [0.717, 1.165) is 5.56 Å². The third kappa shape index (κ3) is 2.27. The summed E-state index contributed by atoms with van der Waals surface area (Å²) >= 11 is 0. The number of carboxylic acids is 1. The molecule has 3 heteroatoms. The molecular weight excluding hydrogens is 156 g/mol. The number of hydrogen-bond donors (Lipinski definition) is 1. The minimum Gasteiger partial charge on any atom is -0.490 e. The Morgan fingerprint density at radius 2 is 2.00 bits per heavy atom. The lowest BCUT2D eigenvalue weighted by Gasteiger charge is -1.99. The fraction of sp³-hybridized carbons (Fsp3) is 0.111. The first-order valence-corrected chi connectivity index (χ1v) is 3.45. The number of benzene rings is 1. The zero-order valence-corrected chi connectivity index (χ0v) is 6.49. The van der Waals surface area contributed by atoms with Crippen molar-refractivity contribution in [1.29, 1.82) is 0 Å². The first-order chi connectivity index (χ1) is 5.72. The molecule has 63 valence electrons. The average Bonchev–Trinajstić information content (AvgIpc) is 2.05. The van der Waals surface area contributed by atoms with Crippen LogP contribution in [0.5, 0.6) is 5.75 Å². The Morgan fingerprint density at radius 3 is 2.42 bits per heavy atom. The van der Waals surface area contributed by atoms with Crippen molar-refractivity contribution in [3.8, 4) is 5.75 Å². The largest absolute Gasteiger partial charge is 0.490 e. The van der Waals surface area contributed by atoms with E-state index >= 15 is 0 Å². The molecule has 0 unspecified atom stereocenters. The average molecular weight is 165 g/mol. The molecule has 0 amide bonds. The first kappa shape index (κ1) is 8.59. The molecule has 1 aromatic carbocycles. The molecule has 0 atom stereocenters. The van der Waals surface area contributed by atoms with Gasteiger partial charge in [-0.05, 0) is 17.7 Å². The summed E-state index contributed by atoms with van der Waals surface area (Å²) in [5.41, 5.74) is 0.753. The number of carbonyl (C=O) groups is 1. The quantitative estimate of drug-likeness (QED) is 0.737. The molecular formula is C9H9O3. The molecule has 0 aliphatic heterocycles. The standard InChI is InChI=1S/C9H9O3/c1-12-8-4-2-7(3-5-8)6-9(10)11/h2-5H,1,6H2,(H,10,11). The van der Waals surface area contributed by atoms with E-state index < -0.39 is 5.97 Å². The summed E-state index contributed by atoms with van der Waals surface area (Å²) in [6, 6.07) is 6.78. The summed E-state index contributed by atoms with van der Waals surface area (Å²) in [6.45, 7) is 0. The lowest BCUT2D eigenvalue weighted by atomic mass is 10.1. The molecule has 1 aromatic rings. The van der Waals surface area contributed by atoms with E-state index in [4.69, 9.17) is 5.11 Å². The SMILES string of the molecule is [CH2]Oc1ccc(CC(=O)O)cc1. The second-order valence-electron chi connectivity index (χ2n) is 2.36. The monoisotopic (exact) mass is 165 g/mol. The van der Waals surface area contributed by atoms with Gasteiger partial charge in [0.15, 0.2) is 0 Å². The Bertz CT molecular complexity index is 264. The molecule has 0 aliphatic rings. The Morgan fingerprint density at radius 1 is 1.42 bits per heavy atom. The predicted octanol–water partition coefficient (Wildman–Crippen LogP) is 1.48. The van der Waals surface area contributed by atoms with Gasteiger partial charge in [-0.25, -0.2) is 0 Å². The van der Waals surface area contributed by atoms with Gasteiger partial charge in [-0.1, -0.05) is 12.1 Å². The number of carboxylic acid groups (broad SMARTS) is 1. The van der Waals surface area contributed by atoms with Gasteiger partial charge in [0.05, 0.1) is 6.42 Å². The van der Waals surface area contributed by atoms with E-state index in [-0.39, 0.29) is 6.42 Å². The van der Waals surface area contributed by atoms with Gasteiger partial charge in [0.2, 0.25) is 0 Å². The van der Waals surface area contributed by atoms with E-state index in [1.54, 1.807) is 24.3 Å². The fourth-order valence-corrected chi connectivity index (χ4v) is 0.878. The van der Waals surface area contributed by atoms with E-state index in [0.29, 0.717) is 5.75 Å². The van der Waals surface area contributed by atoms with Crippen LogP contribution in [0.4, 0.5) is 0 Å². The van der Waals surface area contributed by atoms with Crippen molar-refractivity contribution in [2.45, 2.75) is 6.42 Å². The van der Waals surface area contributed by atoms with Gasteiger partial charge in [-0.3, -0.25) is 4.79 Å². The van der Waals surface area contributed by atoms with Crippen LogP contribution in [-0.2, 0) is 11.2 Å². The minimum atomic E-state index is -0.835. The van der Waals surface area contributed by atoms with Crippen LogP contribution < -0.4 is 4.74 Å².